The molecule has 1 heterocycles. The predicted molar refractivity (Wildman–Crippen MR) is 65.2 cm³/mol. The third-order valence-corrected chi connectivity index (χ3v) is 3.92. The van der Waals surface area contributed by atoms with Crippen molar-refractivity contribution in [2.24, 2.45) is 5.92 Å². The lowest BCUT2D eigenvalue weighted by atomic mass is 9.89. The minimum absolute atomic E-state index is 0.0809. The Morgan fingerprint density at radius 1 is 1.06 bits per heavy atom. The van der Waals surface area contributed by atoms with Gasteiger partial charge >= 0.3 is 0 Å². The smallest absolute Gasteiger partial charge is 0.237 e. The van der Waals surface area contributed by atoms with Gasteiger partial charge in [-0.05, 0) is 38.1 Å². The van der Waals surface area contributed by atoms with E-state index < -0.39 is 0 Å². The minimum Gasteiger partial charge on any atom is -0.354 e. The summed E-state index contributed by atoms with van der Waals surface area (Å²) in [5, 5.41) is 6.42. The van der Waals surface area contributed by atoms with E-state index in [1.54, 1.807) is 0 Å². The average molecular weight is 224 g/mol. The monoisotopic (exact) mass is 224 g/mol. The minimum atomic E-state index is 0.0809. The van der Waals surface area contributed by atoms with Crippen molar-refractivity contribution in [1.82, 2.24) is 10.6 Å². The van der Waals surface area contributed by atoms with E-state index in [9.17, 15) is 4.79 Å². The van der Waals surface area contributed by atoms with Crippen LogP contribution in [0.3, 0.4) is 0 Å². The standard InChI is InChI=1S/C13H24N2O/c16-13(12-8-4-5-9-14-12)15-10-11-6-2-1-3-7-11/h11-12,14H,1-10H2,(H,15,16)/t12-/m0/s1. The molecule has 2 rings (SSSR count). The van der Waals surface area contributed by atoms with Crippen LogP contribution in [0.25, 0.3) is 0 Å². The zero-order valence-corrected chi connectivity index (χ0v) is 10.1. The van der Waals surface area contributed by atoms with Crippen LogP contribution in [0, 0.1) is 5.92 Å². The maximum absolute atomic E-state index is 11.9. The molecule has 1 amide bonds. The van der Waals surface area contributed by atoms with Gasteiger partial charge < -0.3 is 10.6 Å². The quantitative estimate of drug-likeness (QED) is 0.768. The van der Waals surface area contributed by atoms with Crippen molar-refractivity contribution in [3.63, 3.8) is 0 Å². The molecule has 0 bridgehead atoms. The van der Waals surface area contributed by atoms with Crippen molar-refractivity contribution in [2.75, 3.05) is 13.1 Å². The van der Waals surface area contributed by atoms with E-state index in [0.29, 0.717) is 0 Å². The molecular formula is C13H24N2O. The first-order chi connectivity index (χ1) is 7.86. The molecule has 2 aliphatic rings. The Kier molecular flexibility index (Phi) is 4.64. The lowest BCUT2D eigenvalue weighted by Crippen LogP contribution is -2.47. The number of nitrogens with one attached hydrogen (secondary N) is 2. The highest BCUT2D eigenvalue weighted by atomic mass is 16.2. The van der Waals surface area contributed by atoms with Crippen LogP contribution in [0.1, 0.15) is 51.4 Å². The summed E-state index contributed by atoms with van der Waals surface area (Å²) >= 11 is 0. The molecule has 16 heavy (non-hydrogen) atoms. The highest BCUT2D eigenvalue weighted by molar-refractivity contribution is 5.81. The van der Waals surface area contributed by atoms with E-state index in [0.717, 1.165) is 25.4 Å². The molecule has 3 nitrogen and oxygen atoms in total. The molecule has 1 saturated carbocycles. The van der Waals surface area contributed by atoms with E-state index in [1.165, 1.54) is 44.9 Å². The second-order valence-corrected chi connectivity index (χ2v) is 5.25. The highest BCUT2D eigenvalue weighted by Gasteiger charge is 2.21. The van der Waals surface area contributed by atoms with Crippen LogP contribution in [0.2, 0.25) is 0 Å². The molecule has 1 atom stereocenters. The second kappa shape index (κ2) is 6.24. The molecule has 0 aromatic rings. The van der Waals surface area contributed by atoms with Crippen molar-refractivity contribution in [3.05, 3.63) is 0 Å². The molecule has 0 aromatic heterocycles. The summed E-state index contributed by atoms with van der Waals surface area (Å²) in [4.78, 5) is 11.9. The molecule has 0 unspecified atom stereocenters. The van der Waals surface area contributed by atoms with Gasteiger partial charge in [-0.1, -0.05) is 25.7 Å². The molecule has 0 spiro atoms. The molecule has 1 aliphatic heterocycles. The zero-order valence-electron chi connectivity index (χ0n) is 10.1. The molecule has 1 saturated heterocycles. The second-order valence-electron chi connectivity index (χ2n) is 5.25. The maximum atomic E-state index is 11.9. The van der Waals surface area contributed by atoms with Crippen LogP contribution in [0.5, 0.6) is 0 Å². The van der Waals surface area contributed by atoms with Gasteiger partial charge in [0.05, 0.1) is 6.04 Å². The molecule has 1 aliphatic carbocycles. The summed E-state index contributed by atoms with van der Waals surface area (Å²) in [6.45, 7) is 1.90. The summed E-state index contributed by atoms with van der Waals surface area (Å²) in [6, 6.07) is 0.0809. The van der Waals surface area contributed by atoms with Gasteiger partial charge in [0.25, 0.3) is 0 Å². The number of hydrogen-bond acceptors (Lipinski definition) is 2. The molecule has 0 radical (unpaired) electrons. The normalized spacial score (nSPS) is 27.6. The van der Waals surface area contributed by atoms with Crippen LogP contribution in [0.4, 0.5) is 0 Å². The van der Waals surface area contributed by atoms with Crippen LogP contribution in [0.15, 0.2) is 0 Å². The fraction of sp³-hybridized carbons (Fsp3) is 0.923. The van der Waals surface area contributed by atoms with E-state index in [4.69, 9.17) is 0 Å². The molecule has 2 N–H and O–H groups in total. The fourth-order valence-corrected chi connectivity index (χ4v) is 2.84. The van der Waals surface area contributed by atoms with Gasteiger partial charge in [-0.3, -0.25) is 4.79 Å². The Labute approximate surface area is 98.4 Å². The first-order valence-electron chi connectivity index (χ1n) is 6.87. The van der Waals surface area contributed by atoms with Crippen molar-refractivity contribution < 1.29 is 4.79 Å². The number of piperidine rings is 1. The van der Waals surface area contributed by atoms with Gasteiger partial charge in [-0.15, -0.1) is 0 Å². The van der Waals surface area contributed by atoms with Gasteiger partial charge in [0.15, 0.2) is 0 Å². The number of rotatable bonds is 3. The van der Waals surface area contributed by atoms with E-state index in [1.807, 2.05) is 0 Å². The number of amides is 1. The Morgan fingerprint density at radius 2 is 1.81 bits per heavy atom. The molecule has 0 aromatic carbocycles. The van der Waals surface area contributed by atoms with E-state index in [2.05, 4.69) is 10.6 Å². The van der Waals surface area contributed by atoms with Gasteiger partial charge in [-0.25, -0.2) is 0 Å². The fourth-order valence-electron chi connectivity index (χ4n) is 2.84. The number of carbonyl (C=O) groups excluding carboxylic acids is 1. The first-order valence-corrected chi connectivity index (χ1v) is 6.87. The van der Waals surface area contributed by atoms with Crippen molar-refractivity contribution in [2.45, 2.75) is 57.4 Å². The summed E-state index contributed by atoms with van der Waals surface area (Å²) in [6.07, 6.45) is 10.1. The summed E-state index contributed by atoms with van der Waals surface area (Å²) in [5.74, 6) is 0.964. The van der Waals surface area contributed by atoms with Gasteiger partial charge in [-0.2, -0.15) is 0 Å². The summed E-state index contributed by atoms with van der Waals surface area (Å²) in [5.41, 5.74) is 0. The maximum Gasteiger partial charge on any atom is 0.237 e. The molecule has 2 fully saturated rings. The van der Waals surface area contributed by atoms with Gasteiger partial charge in [0.2, 0.25) is 5.91 Å². The average Bonchev–Trinajstić information content (AvgIpc) is 2.38. The lowest BCUT2D eigenvalue weighted by molar-refractivity contribution is -0.123. The van der Waals surface area contributed by atoms with Crippen LogP contribution in [-0.2, 0) is 4.79 Å². The molecule has 3 heteroatoms. The van der Waals surface area contributed by atoms with Crippen molar-refractivity contribution >= 4 is 5.91 Å². The van der Waals surface area contributed by atoms with Crippen molar-refractivity contribution in [3.8, 4) is 0 Å². The summed E-state index contributed by atoms with van der Waals surface area (Å²) in [7, 11) is 0. The zero-order chi connectivity index (χ0) is 11.2. The van der Waals surface area contributed by atoms with E-state index >= 15 is 0 Å². The van der Waals surface area contributed by atoms with Gasteiger partial charge in [0, 0.05) is 6.54 Å². The van der Waals surface area contributed by atoms with Crippen LogP contribution >= 0.6 is 0 Å². The lowest BCUT2D eigenvalue weighted by Gasteiger charge is -2.25. The van der Waals surface area contributed by atoms with E-state index in [-0.39, 0.29) is 11.9 Å². The molecule has 92 valence electrons. The Hall–Kier alpha value is -0.570. The van der Waals surface area contributed by atoms with Crippen molar-refractivity contribution in [1.29, 1.82) is 0 Å². The Morgan fingerprint density at radius 3 is 2.50 bits per heavy atom. The highest BCUT2D eigenvalue weighted by Crippen LogP contribution is 2.22. The summed E-state index contributed by atoms with van der Waals surface area (Å²) < 4.78 is 0. The third-order valence-electron chi connectivity index (χ3n) is 3.92. The van der Waals surface area contributed by atoms with Crippen LogP contribution < -0.4 is 10.6 Å². The Bertz CT molecular complexity index is 218. The topological polar surface area (TPSA) is 41.1 Å². The SMILES string of the molecule is O=C(NCC1CCCCC1)[C@@H]1CCCCN1. The predicted octanol–water partition coefficient (Wildman–Crippen LogP) is 1.82. The third kappa shape index (κ3) is 3.48. The Balaban J connectivity index is 1.65. The van der Waals surface area contributed by atoms with Crippen LogP contribution in [-0.4, -0.2) is 25.0 Å². The largest absolute Gasteiger partial charge is 0.354 e. The molecular weight excluding hydrogens is 200 g/mol. The number of carbonyl (C=O) groups is 1. The van der Waals surface area contributed by atoms with Gasteiger partial charge in [0.1, 0.15) is 0 Å². The first kappa shape index (κ1) is 11.9. The number of hydrogen-bond donors (Lipinski definition) is 2.